The Morgan fingerprint density at radius 2 is 2.10 bits per heavy atom. The van der Waals surface area contributed by atoms with E-state index in [0.29, 0.717) is 22.9 Å². The van der Waals surface area contributed by atoms with E-state index in [-0.39, 0.29) is 11.4 Å². The lowest BCUT2D eigenvalue weighted by Crippen LogP contribution is -2.14. The smallest absolute Gasteiger partial charge is 0.276 e. The summed E-state index contributed by atoms with van der Waals surface area (Å²) in [6.07, 6.45) is 5.47. The van der Waals surface area contributed by atoms with Crippen LogP contribution in [0.1, 0.15) is 10.5 Å². The summed E-state index contributed by atoms with van der Waals surface area (Å²) in [5.41, 5.74) is 2.24. The Hall–Kier alpha value is -4.01. The van der Waals surface area contributed by atoms with Gasteiger partial charge in [-0.2, -0.15) is 5.10 Å². The van der Waals surface area contributed by atoms with Crippen molar-refractivity contribution in [1.82, 2.24) is 19.7 Å². The van der Waals surface area contributed by atoms with Crippen molar-refractivity contribution in [2.75, 3.05) is 12.4 Å². The van der Waals surface area contributed by atoms with E-state index in [1.54, 1.807) is 37.2 Å². The van der Waals surface area contributed by atoms with Gasteiger partial charge in [-0.15, -0.1) is 0 Å². The number of hydrogen-bond donors (Lipinski definition) is 1. The molecule has 4 aromatic rings. The number of aryl methyl sites for hydroxylation is 1. The zero-order valence-corrected chi connectivity index (χ0v) is 15.6. The number of anilines is 1. The Morgan fingerprint density at radius 3 is 2.83 bits per heavy atom. The molecule has 3 heterocycles. The first-order chi connectivity index (χ1) is 14.1. The van der Waals surface area contributed by atoms with E-state index < -0.39 is 11.7 Å². The van der Waals surface area contributed by atoms with Crippen molar-refractivity contribution in [3.8, 4) is 28.5 Å². The van der Waals surface area contributed by atoms with Crippen LogP contribution in [-0.4, -0.2) is 32.8 Å². The van der Waals surface area contributed by atoms with E-state index in [9.17, 15) is 9.18 Å². The van der Waals surface area contributed by atoms with Crippen LogP contribution in [0.15, 0.2) is 59.6 Å². The molecule has 0 fully saturated rings. The molecule has 9 heteroatoms. The summed E-state index contributed by atoms with van der Waals surface area (Å²) in [7, 11) is 3.26. The number of aromatic nitrogens is 4. The molecule has 0 unspecified atom stereocenters. The second-order valence-corrected chi connectivity index (χ2v) is 6.10. The van der Waals surface area contributed by atoms with Crippen molar-refractivity contribution in [2.45, 2.75) is 0 Å². The summed E-state index contributed by atoms with van der Waals surface area (Å²) in [6.45, 7) is 0. The fourth-order valence-electron chi connectivity index (χ4n) is 2.90. The molecule has 0 atom stereocenters. The number of nitrogens with zero attached hydrogens (tertiary/aromatic N) is 4. The average Bonchev–Trinajstić information content (AvgIpc) is 3.39. The van der Waals surface area contributed by atoms with Gasteiger partial charge >= 0.3 is 0 Å². The van der Waals surface area contributed by atoms with E-state index >= 15 is 0 Å². The van der Waals surface area contributed by atoms with Crippen LogP contribution in [0.4, 0.5) is 10.1 Å². The summed E-state index contributed by atoms with van der Waals surface area (Å²) in [6, 6.07) is 8.43. The van der Waals surface area contributed by atoms with Crippen LogP contribution >= 0.6 is 0 Å². The highest BCUT2D eigenvalue weighted by Gasteiger charge is 2.19. The van der Waals surface area contributed by atoms with Crippen LogP contribution in [0, 0.1) is 5.82 Å². The third-order valence-corrected chi connectivity index (χ3v) is 4.29. The number of oxazole rings is 1. The van der Waals surface area contributed by atoms with E-state index in [1.807, 2.05) is 12.1 Å². The maximum atomic E-state index is 13.8. The first-order valence-electron chi connectivity index (χ1n) is 8.60. The van der Waals surface area contributed by atoms with E-state index in [2.05, 4.69) is 20.4 Å². The molecule has 0 saturated carbocycles. The van der Waals surface area contributed by atoms with Crippen molar-refractivity contribution >= 4 is 11.6 Å². The molecule has 0 spiro atoms. The number of methoxy groups -OCH3 is 1. The number of nitrogens with one attached hydrogen (secondary N) is 1. The molecule has 146 valence electrons. The zero-order valence-electron chi connectivity index (χ0n) is 15.6. The largest absolute Gasteiger partial charge is 0.496 e. The van der Waals surface area contributed by atoms with E-state index in [0.717, 1.165) is 11.8 Å². The number of carbonyl (C=O) groups excluding carboxylic acids is 1. The van der Waals surface area contributed by atoms with Gasteiger partial charge in [-0.25, -0.2) is 9.37 Å². The molecule has 29 heavy (non-hydrogen) atoms. The van der Waals surface area contributed by atoms with Crippen LogP contribution in [0.5, 0.6) is 5.75 Å². The minimum atomic E-state index is -0.627. The van der Waals surface area contributed by atoms with Crippen LogP contribution in [0.25, 0.3) is 22.7 Å². The van der Waals surface area contributed by atoms with Crippen molar-refractivity contribution in [3.05, 3.63) is 66.7 Å². The summed E-state index contributed by atoms with van der Waals surface area (Å²) >= 11 is 0. The van der Waals surface area contributed by atoms with Gasteiger partial charge in [-0.3, -0.25) is 14.5 Å². The quantitative estimate of drug-likeness (QED) is 0.557. The average molecular weight is 393 g/mol. The number of ether oxygens (including phenoxy) is 1. The standard InChI is InChI=1S/C20H16FN5O3/c1-26-17(10-16(25-26)19(27)24-15-5-6-22-11-14(15)21)13-9-12(3-4-18(13)28-2)20-23-7-8-29-20/h3-11H,1-2H3,(H,22,24,27). The number of pyridine rings is 1. The predicted octanol–water partition coefficient (Wildman–Crippen LogP) is 3.54. The monoisotopic (exact) mass is 393 g/mol. The van der Waals surface area contributed by atoms with Crippen molar-refractivity contribution < 1.29 is 18.3 Å². The maximum absolute atomic E-state index is 13.8. The molecule has 0 saturated heterocycles. The molecule has 1 N–H and O–H groups in total. The Kier molecular flexibility index (Phi) is 4.78. The fourth-order valence-corrected chi connectivity index (χ4v) is 2.90. The number of halogens is 1. The van der Waals surface area contributed by atoms with Gasteiger partial charge in [0.1, 0.15) is 12.0 Å². The summed E-state index contributed by atoms with van der Waals surface area (Å²) in [5.74, 6) is -0.116. The Labute approximate surface area is 165 Å². The summed E-state index contributed by atoms with van der Waals surface area (Å²) in [5, 5.41) is 6.75. The molecule has 0 aliphatic carbocycles. The van der Waals surface area contributed by atoms with Crippen molar-refractivity contribution in [2.24, 2.45) is 7.05 Å². The van der Waals surface area contributed by atoms with Gasteiger partial charge in [-0.1, -0.05) is 0 Å². The van der Waals surface area contributed by atoms with Crippen LogP contribution < -0.4 is 10.1 Å². The van der Waals surface area contributed by atoms with E-state index in [1.165, 1.54) is 18.5 Å². The third-order valence-electron chi connectivity index (χ3n) is 4.29. The van der Waals surface area contributed by atoms with Crippen LogP contribution in [-0.2, 0) is 7.05 Å². The summed E-state index contributed by atoms with van der Waals surface area (Å²) < 4.78 is 26.1. The number of amides is 1. The lowest BCUT2D eigenvalue weighted by Gasteiger charge is -2.10. The van der Waals surface area contributed by atoms with Crippen molar-refractivity contribution in [3.63, 3.8) is 0 Å². The molecular formula is C20H16FN5O3. The third kappa shape index (κ3) is 3.57. The van der Waals surface area contributed by atoms with Gasteiger partial charge in [0.25, 0.3) is 5.91 Å². The SMILES string of the molecule is COc1ccc(-c2ncco2)cc1-c1cc(C(=O)Nc2ccncc2F)nn1C. The molecule has 0 aliphatic heterocycles. The fraction of sp³-hybridized carbons (Fsp3) is 0.100. The molecule has 0 aliphatic rings. The van der Waals surface area contributed by atoms with Crippen molar-refractivity contribution in [1.29, 1.82) is 0 Å². The molecule has 8 nitrogen and oxygen atoms in total. The lowest BCUT2D eigenvalue weighted by molar-refractivity contribution is 0.102. The first-order valence-corrected chi connectivity index (χ1v) is 8.60. The molecular weight excluding hydrogens is 377 g/mol. The highest BCUT2D eigenvalue weighted by Crippen LogP contribution is 2.34. The predicted molar refractivity (Wildman–Crippen MR) is 103 cm³/mol. The molecule has 1 amide bonds. The molecule has 0 bridgehead atoms. The topological polar surface area (TPSA) is 95.1 Å². The number of hydrogen-bond acceptors (Lipinski definition) is 6. The normalized spacial score (nSPS) is 10.7. The molecule has 1 aromatic carbocycles. The van der Waals surface area contributed by atoms with Gasteiger partial charge in [0.05, 0.1) is 30.9 Å². The van der Waals surface area contributed by atoms with Crippen LogP contribution in [0.3, 0.4) is 0 Å². The second-order valence-electron chi connectivity index (χ2n) is 6.10. The highest BCUT2D eigenvalue weighted by atomic mass is 19.1. The Balaban J connectivity index is 1.70. The van der Waals surface area contributed by atoms with Gasteiger partial charge in [0.2, 0.25) is 5.89 Å². The van der Waals surface area contributed by atoms with Crippen LogP contribution in [0.2, 0.25) is 0 Å². The number of benzene rings is 1. The lowest BCUT2D eigenvalue weighted by atomic mass is 10.1. The summed E-state index contributed by atoms with van der Waals surface area (Å²) in [4.78, 5) is 20.4. The molecule has 4 rings (SSSR count). The van der Waals surface area contributed by atoms with E-state index in [4.69, 9.17) is 9.15 Å². The van der Waals surface area contributed by atoms with Gasteiger partial charge in [0, 0.05) is 24.4 Å². The second kappa shape index (κ2) is 7.55. The minimum absolute atomic E-state index is 0.0284. The maximum Gasteiger partial charge on any atom is 0.276 e. The molecule has 3 aromatic heterocycles. The minimum Gasteiger partial charge on any atom is -0.496 e. The zero-order chi connectivity index (χ0) is 20.4. The number of rotatable bonds is 5. The molecule has 0 radical (unpaired) electrons. The van der Waals surface area contributed by atoms with Gasteiger partial charge < -0.3 is 14.5 Å². The Morgan fingerprint density at radius 1 is 1.24 bits per heavy atom. The highest BCUT2D eigenvalue weighted by molar-refractivity contribution is 6.03. The van der Waals surface area contributed by atoms with Gasteiger partial charge in [-0.05, 0) is 30.3 Å². The number of carbonyl (C=O) groups is 1. The Bertz CT molecular complexity index is 1170. The first kappa shape index (κ1) is 18.4. The van der Waals surface area contributed by atoms with Gasteiger partial charge in [0.15, 0.2) is 11.5 Å².